The van der Waals surface area contributed by atoms with Gasteiger partial charge >= 0.3 is 0 Å². The highest BCUT2D eigenvalue weighted by atomic mass is 35.5. The van der Waals surface area contributed by atoms with Crippen LogP contribution in [0.5, 0.6) is 5.75 Å². The zero-order chi connectivity index (χ0) is 32.2. The van der Waals surface area contributed by atoms with Gasteiger partial charge in [-0.05, 0) is 88.6 Å². The van der Waals surface area contributed by atoms with Crippen LogP contribution in [0, 0.1) is 6.92 Å². The molecule has 2 aromatic heterocycles. The van der Waals surface area contributed by atoms with E-state index >= 15 is 0 Å². The normalized spacial score (nSPS) is 15.3. The Morgan fingerprint density at radius 3 is 2.80 bits per heavy atom. The average molecular weight is 621 g/mol. The smallest absolute Gasteiger partial charge is 0.140 e. The van der Waals surface area contributed by atoms with Crippen LogP contribution < -0.4 is 26.8 Å². The Labute approximate surface area is 268 Å². The molecule has 10 heteroatoms. The summed E-state index contributed by atoms with van der Waals surface area (Å²) in [4.78, 5) is 6.48. The third-order valence-electron chi connectivity index (χ3n) is 6.71. The van der Waals surface area contributed by atoms with Gasteiger partial charge in [0.15, 0.2) is 0 Å². The predicted molar refractivity (Wildman–Crippen MR) is 189 cm³/mol. The first kappa shape index (κ1) is 36.1. The summed E-state index contributed by atoms with van der Waals surface area (Å²) in [5.41, 5.74) is 15.9. The van der Waals surface area contributed by atoms with Gasteiger partial charge in [0.25, 0.3) is 0 Å². The largest absolute Gasteiger partial charge is 0.491 e. The lowest BCUT2D eigenvalue weighted by molar-refractivity contribution is 0.199. The first-order chi connectivity index (χ1) is 21.4. The van der Waals surface area contributed by atoms with Crippen molar-refractivity contribution in [1.82, 2.24) is 19.8 Å². The minimum absolute atomic E-state index is 0.461. The van der Waals surface area contributed by atoms with Crippen LogP contribution in [-0.4, -0.2) is 66.7 Å². The highest BCUT2D eigenvalue weighted by Crippen LogP contribution is 2.28. The summed E-state index contributed by atoms with van der Waals surface area (Å²) >= 11 is 6.21. The van der Waals surface area contributed by atoms with Crippen molar-refractivity contribution in [2.75, 3.05) is 45.3 Å². The molecule has 44 heavy (non-hydrogen) atoms. The van der Waals surface area contributed by atoms with Gasteiger partial charge in [-0.25, -0.2) is 4.52 Å². The molecule has 0 aliphatic carbocycles. The topological polar surface area (TPSA) is 118 Å². The van der Waals surface area contributed by atoms with E-state index in [1.165, 1.54) is 12.6 Å². The van der Waals surface area contributed by atoms with Gasteiger partial charge in [-0.3, -0.25) is 9.89 Å². The van der Waals surface area contributed by atoms with Crippen molar-refractivity contribution in [2.45, 2.75) is 40.2 Å². The van der Waals surface area contributed by atoms with E-state index in [0.717, 1.165) is 42.1 Å². The molecule has 0 spiro atoms. The summed E-state index contributed by atoms with van der Waals surface area (Å²) in [7, 11) is 2.13. The van der Waals surface area contributed by atoms with E-state index in [9.17, 15) is 0 Å². The molecule has 1 saturated heterocycles. The van der Waals surface area contributed by atoms with Crippen molar-refractivity contribution in [2.24, 2.45) is 16.5 Å². The number of pyridine rings is 1. The zero-order valence-corrected chi connectivity index (χ0v) is 27.5. The molecule has 1 aliphatic heterocycles. The number of allylic oxidation sites excluding steroid dienone is 5. The lowest BCUT2D eigenvalue weighted by Gasteiger charge is -2.23. The number of nitrogens with two attached hydrogens (primary N) is 2. The number of fused-ring (bicyclic) bond motifs is 1. The Hall–Kier alpha value is -4.05. The van der Waals surface area contributed by atoms with Gasteiger partial charge in [-0.15, -0.1) is 0 Å². The summed E-state index contributed by atoms with van der Waals surface area (Å²) in [6, 6.07) is 12.3. The second-order valence-corrected chi connectivity index (χ2v) is 10.1. The first-order valence-corrected chi connectivity index (χ1v) is 15.4. The molecule has 6 N–H and O–H groups in total. The number of rotatable bonds is 12. The highest BCUT2D eigenvalue weighted by molar-refractivity contribution is 6.32. The third-order valence-corrected chi connectivity index (χ3v) is 7.02. The Morgan fingerprint density at radius 1 is 1.27 bits per heavy atom. The van der Waals surface area contributed by atoms with Gasteiger partial charge in [0, 0.05) is 54.6 Å². The van der Waals surface area contributed by atoms with Crippen LogP contribution in [0.4, 0.5) is 5.69 Å². The lowest BCUT2D eigenvalue weighted by Crippen LogP contribution is -2.36. The molecule has 1 unspecified atom stereocenters. The zero-order valence-electron chi connectivity index (χ0n) is 26.7. The second kappa shape index (κ2) is 20.8. The standard InChI is InChI=1S/C17H26ClN5O.C15H17N3.C2H6/c1-23(15-5-8-20-12-15)9-10-24-17-11-14(3-4-16(17)18)22-13-21-7-2-6-19;1-3-4-7-13(16)9-10-14-12(2)15-8-5-6-11-18(15)17-14;1-2/h2-4,6-7,11,15,20,22H,5,8-10,12-13,19H2,1H3;3-11H,16H2,1-2H3;1-2H3/b6-2-,21-7-;4-3-,10-9+,13-7+;. The molecule has 3 aromatic rings. The monoisotopic (exact) mass is 620 g/mol. The van der Waals surface area contributed by atoms with Crippen molar-refractivity contribution < 1.29 is 4.74 Å². The molecule has 1 fully saturated rings. The minimum atomic E-state index is 0.461. The number of aliphatic imine (C=N–C) groups is 1. The number of aryl methyl sites for hydroxylation is 1. The maximum atomic E-state index is 6.21. The summed E-state index contributed by atoms with van der Waals surface area (Å²) < 4.78 is 7.73. The summed E-state index contributed by atoms with van der Waals surface area (Å²) in [6.45, 7) is 12.1. The Bertz CT molecular complexity index is 1400. The predicted octanol–water partition coefficient (Wildman–Crippen LogP) is 6.03. The fourth-order valence-corrected chi connectivity index (χ4v) is 4.43. The van der Waals surface area contributed by atoms with E-state index in [2.05, 4.69) is 45.7 Å². The van der Waals surface area contributed by atoms with Gasteiger partial charge in [-0.1, -0.05) is 43.7 Å². The molecule has 1 aliphatic rings. The molecule has 0 amide bonds. The number of nitrogens with zero attached hydrogens (tertiary/aromatic N) is 4. The van der Waals surface area contributed by atoms with Gasteiger partial charge in [0.2, 0.25) is 0 Å². The molecule has 9 nitrogen and oxygen atoms in total. The van der Waals surface area contributed by atoms with Crippen LogP contribution >= 0.6 is 11.6 Å². The Morgan fingerprint density at radius 2 is 2.09 bits per heavy atom. The molecule has 0 saturated carbocycles. The Kier molecular flexibility index (Phi) is 17.1. The number of hydrogen-bond donors (Lipinski definition) is 4. The molecule has 4 rings (SSSR count). The number of anilines is 1. The van der Waals surface area contributed by atoms with Crippen LogP contribution in [-0.2, 0) is 0 Å². The number of likely N-dealkylation sites (N-methyl/N-ethyl adjacent to an activating group) is 1. The second-order valence-electron chi connectivity index (χ2n) is 9.74. The number of benzene rings is 1. The quantitative estimate of drug-likeness (QED) is 0.144. The van der Waals surface area contributed by atoms with Gasteiger partial charge in [0.05, 0.1) is 16.2 Å². The number of ether oxygens (including phenoxy) is 1. The van der Waals surface area contributed by atoms with Crippen molar-refractivity contribution in [3.05, 3.63) is 101 Å². The van der Waals surface area contributed by atoms with Crippen LogP contribution in [0.3, 0.4) is 0 Å². The Balaban J connectivity index is 0.000000301. The third kappa shape index (κ3) is 12.3. The minimum Gasteiger partial charge on any atom is -0.491 e. The number of hydrogen-bond acceptors (Lipinski definition) is 8. The van der Waals surface area contributed by atoms with E-state index in [-0.39, 0.29) is 0 Å². The molecule has 3 heterocycles. The van der Waals surface area contributed by atoms with E-state index < -0.39 is 0 Å². The van der Waals surface area contributed by atoms with Crippen molar-refractivity contribution in [3.8, 4) is 5.75 Å². The van der Waals surface area contributed by atoms with E-state index in [4.69, 9.17) is 27.8 Å². The van der Waals surface area contributed by atoms with Crippen molar-refractivity contribution >= 4 is 35.1 Å². The maximum absolute atomic E-state index is 6.21. The molecule has 1 atom stereocenters. The van der Waals surface area contributed by atoms with Crippen LogP contribution in [0.2, 0.25) is 5.02 Å². The molecular formula is C34H49ClN8O. The number of aromatic nitrogens is 2. The number of halogens is 1. The van der Waals surface area contributed by atoms with Crippen LogP contribution in [0.15, 0.2) is 89.9 Å². The van der Waals surface area contributed by atoms with Crippen molar-refractivity contribution in [1.29, 1.82) is 0 Å². The maximum Gasteiger partial charge on any atom is 0.140 e. The fourth-order valence-electron chi connectivity index (χ4n) is 4.26. The SMILES string of the molecule is CC.CN(CCOc1cc(NC/N=C\C=C/N)ccc1Cl)C1CCNC1.C\C=C/C=C(N)\C=C\c1nn2ccccc2c1C. The van der Waals surface area contributed by atoms with Crippen LogP contribution in [0.1, 0.15) is 38.4 Å². The van der Waals surface area contributed by atoms with Crippen molar-refractivity contribution in [3.63, 3.8) is 0 Å². The van der Waals surface area contributed by atoms with E-state index in [1.54, 1.807) is 12.3 Å². The molecule has 1 aromatic carbocycles. The molecule has 238 valence electrons. The molecule has 0 radical (unpaired) electrons. The van der Waals surface area contributed by atoms with Gasteiger partial charge in [-0.2, -0.15) is 5.10 Å². The van der Waals surface area contributed by atoms with E-state index in [1.807, 2.05) is 92.2 Å². The highest BCUT2D eigenvalue weighted by Gasteiger charge is 2.18. The fraction of sp³-hybridized carbons (Fsp3) is 0.353. The summed E-state index contributed by atoms with van der Waals surface area (Å²) in [5, 5.41) is 11.7. The number of nitrogens with one attached hydrogen (secondary N) is 2. The lowest BCUT2D eigenvalue weighted by atomic mass is 10.2. The van der Waals surface area contributed by atoms with Gasteiger partial charge < -0.3 is 26.8 Å². The molecular weight excluding hydrogens is 572 g/mol. The summed E-state index contributed by atoms with van der Waals surface area (Å²) in [6.07, 6.45) is 17.4. The average Bonchev–Trinajstić information content (AvgIpc) is 3.70. The van der Waals surface area contributed by atoms with Gasteiger partial charge in [0.1, 0.15) is 19.0 Å². The summed E-state index contributed by atoms with van der Waals surface area (Å²) in [5.74, 6) is 0.686. The van der Waals surface area contributed by atoms with E-state index in [0.29, 0.717) is 35.8 Å². The molecule has 0 bridgehead atoms. The van der Waals surface area contributed by atoms with Crippen LogP contribution in [0.25, 0.3) is 11.6 Å². The first-order valence-electron chi connectivity index (χ1n) is 15.1.